The number of aryl methyl sites for hydroxylation is 2. The average molecular weight is 208 g/mol. The molecule has 5 heteroatoms. The molecule has 0 amide bonds. The molecule has 2 rings (SSSR count). The first kappa shape index (κ1) is 9.21. The Morgan fingerprint density at radius 1 is 1.57 bits per heavy atom. The maximum Gasteiger partial charge on any atom is 0.168 e. The van der Waals surface area contributed by atoms with E-state index in [-0.39, 0.29) is 0 Å². The number of hydrogen-bond acceptors (Lipinski definition) is 4. The van der Waals surface area contributed by atoms with Crippen molar-refractivity contribution in [3.63, 3.8) is 0 Å². The first-order valence-corrected chi connectivity index (χ1v) is 5.38. The number of aromatic nitrogens is 3. The zero-order chi connectivity index (χ0) is 9.97. The van der Waals surface area contributed by atoms with Crippen molar-refractivity contribution in [2.75, 3.05) is 5.73 Å². The molecule has 0 aliphatic carbocycles. The highest BCUT2D eigenvalue weighted by molar-refractivity contribution is 7.07. The molecule has 14 heavy (non-hydrogen) atoms. The van der Waals surface area contributed by atoms with Crippen LogP contribution >= 0.6 is 11.3 Å². The van der Waals surface area contributed by atoms with Gasteiger partial charge in [-0.1, -0.05) is 5.21 Å². The Morgan fingerprint density at radius 3 is 3.00 bits per heavy atom. The standard InChI is InChI=1S/C9H12N4S/c1-7-9(10)11-12-13(7)4-2-8-3-5-14-6-8/h3,5-6H,2,4,10H2,1H3. The summed E-state index contributed by atoms with van der Waals surface area (Å²) < 4.78 is 1.84. The summed E-state index contributed by atoms with van der Waals surface area (Å²) in [6, 6.07) is 2.13. The maximum absolute atomic E-state index is 5.60. The summed E-state index contributed by atoms with van der Waals surface area (Å²) >= 11 is 1.71. The van der Waals surface area contributed by atoms with Crippen LogP contribution in [0.2, 0.25) is 0 Å². The van der Waals surface area contributed by atoms with E-state index in [1.165, 1.54) is 5.56 Å². The normalized spacial score (nSPS) is 10.6. The second-order valence-corrected chi connectivity index (χ2v) is 3.94. The van der Waals surface area contributed by atoms with E-state index in [0.29, 0.717) is 5.82 Å². The van der Waals surface area contributed by atoms with Crippen LogP contribution in [0.4, 0.5) is 5.82 Å². The Kier molecular flexibility index (Phi) is 2.49. The third-order valence-electron chi connectivity index (χ3n) is 2.21. The van der Waals surface area contributed by atoms with Crippen molar-refractivity contribution in [3.05, 3.63) is 28.1 Å². The first-order chi connectivity index (χ1) is 6.77. The molecule has 0 saturated carbocycles. The van der Waals surface area contributed by atoms with Crippen LogP contribution in [0, 0.1) is 6.92 Å². The molecule has 74 valence electrons. The number of anilines is 1. The van der Waals surface area contributed by atoms with E-state index >= 15 is 0 Å². The smallest absolute Gasteiger partial charge is 0.168 e. The SMILES string of the molecule is Cc1c(N)nnn1CCc1ccsc1. The van der Waals surface area contributed by atoms with Crippen molar-refractivity contribution in [1.29, 1.82) is 0 Å². The minimum atomic E-state index is 0.523. The Bertz CT molecular complexity index is 404. The predicted molar refractivity (Wildman–Crippen MR) is 57.2 cm³/mol. The van der Waals surface area contributed by atoms with Gasteiger partial charge in [-0.05, 0) is 35.7 Å². The number of rotatable bonds is 3. The van der Waals surface area contributed by atoms with Crippen LogP contribution in [0.25, 0.3) is 0 Å². The third-order valence-corrected chi connectivity index (χ3v) is 2.94. The molecule has 0 atom stereocenters. The van der Waals surface area contributed by atoms with Gasteiger partial charge in [0.2, 0.25) is 0 Å². The van der Waals surface area contributed by atoms with Gasteiger partial charge in [-0.3, -0.25) is 0 Å². The largest absolute Gasteiger partial charge is 0.381 e. The summed E-state index contributed by atoms with van der Waals surface area (Å²) in [4.78, 5) is 0. The van der Waals surface area contributed by atoms with Gasteiger partial charge in [0.05, 0.1) is 5.69 Å². The fourth-order valence-electron chi connectivity index (χ4n) is 1.26. The third kappa shape index (κ3) is 1.77. The molecule has 2 aromatic rings. The summed E-state index contributed by atoms with van der Waals surface area (Å²) in [6.07, 6.45) is 0.979. The maximum atomic E-state index is 5.60. The van der Waals surface area contributed by atoms with Crippen molar-refractivity contribution in [1.82, 2.24) is 15.0 Å². The first-order valence-electron chi connectivity index (χ1n) is 4.44. The van der Waals surface area contributed by atoms with Crippen molar-refractivity contribution in [3.8, 4) is 0 Å². The highest BCUT2D eigenvalue weighted by atomic mass is 32.1. The van der Waals surface area contributed by atoms with Gasteiger partial charge in [-0.25, -0.2) is 4.68 Å². The molecule has 0 spiro atoms. The van der Waals surface area contributed by atoms with E-state index in [9.17, 15) is 0 Å². The molecule has 0 radical (unpaired) electrons. The van der Waals surface area contributed by atoms with Crippen LogP contribution in [0.15, 0.2) is 16.8 Å². The van der Waals surface area contributed by atoms with Crippen LogP contribution in [0.1, 0.15) is 11.3 Å². The molecule has 0 fully saturated rings. The number of nitrogen functional groups attached to an aromatic ring is 1. The lowest BCUT2D eigenvalue weighted by atomic mass is 10.2. The van der Waals surface area contributed by atoms with E-state index in [1.807, 2.05) is 11.6 Å². The molecule has 2 N–H and O–H groups in total. The summed E-state index contributed by atoms with van der Waals surface area (Å²) in [5.74, 6) is 0.523. The second-order valence-electron chi connectivity index (χ2n) is 3.16. The average Bonchev–Trinajstić information content (AvgIpc) is 2.77. The van der Waals surface area contributed by atoms with Crippen molar-refractivity contribution in [2.24, 2.45) is 0 Å². The highest BCUT2D eigenvalue weighted by Gasteiger charge is 2.04. The van der Waals surface area contributed by atoms with Crippen LogP contribution < -0.4 is 5.73 Å². The molecular weight excluding hydrogens is 196 g/mol. The van der Waals surface area contributed by atoms with E-state index in [0.717, 1.165) is 18.7 Å². The predicted octanol–water partition coefficient (Wildman–Crippen LogP) is 1.47. The second kappa shape index (κ2) is 3.79. The Morgan fingerprint density at radius 2 is 2.43 bits per heavy atom. The molecule has 0 aliphatic heterocycles. The van der Waals surface area contributed by atoms with Gasteiger partial charge < -0.3 is 5.73 Å². The minimum absolute atomic E-state index is 0.523. The fraction of sp³-hybridized carbons (Fsp3) is 0.333. The van der Waals surface area contributed by atoms with Crippen molar-refractivity contribution in [2.45, 2.75) is 19.9 Å². The lowest BCUT2D eigenvalue weighted by Gasteiger charge is -2.00. The summed E-state index contributed by atoms with van der Waals surface area (Å²) in [6.45, 7) is 2.77. The van der Waals surface area contributed by atoms with Gasteiger partial charge in [-0.2, -0.15) is 11.3 Å². The minimum Gasteiger partial charge on any atom is -0.381 e. The molecule has 4 nitrogen and oxygen atoms in total. The van der Waals surface area contributed by atoms with Crippen LogP contribution in [0.5, 0.6) is 0 Å². The monoisotopic (exact) mass is 208 g/mol. The molecule has 0 saturated heterocycles. The Balaban J connectivity index is 2.02. The number of hydrogen-bond donors (Lipinski definition) is 1. The lowest BCUT2D eigenvalue weighted by molar-refractivity contribution is 0.576. The van der Waals surface area contributed by atoms with Crippen LogP contribution in [0.3, 0.4) is 0 Å². The van der Waals surface area contributed by atoms with Crippen molar-refractivity contribution < 1.29 is 0 Å². The summed E-state index contributed by atoms with van der Waals surface area (Å²) in [7, 11) is 0. The molecule has 0 aromatic carbocycles. The quantitative estimate of drug-likeness (QED) is 0.831. The summed E-state index contributed by atoms with van der Waals surface area (Å²) in [5, 5.41) is 12.0. The van der Waals surface area contributed by atoms with Gasteiger partial charge >= 0.3 is 0 Å². The number of nitrogens with two attached hydrogens (primary N) is 1. The van der Waals surface area contributed by atoms with E-state index in [4.69, 9.17) is 5.73 Å². The molecule has 2 aromatic heterocycles. The van der Waals surface area contributed by atoms with Gasteiger partial charge in [0.15, 0.2) is 5.82 Å². The van der Waals surface area contributed by atoms with Gasteiger partial charge in [0.1, 0.15) is 0 Å². The molecular formula is C9H12N4S. The molecule has 0 unspecified atom stereocenters. The number of thiophene rings is 1. The number of nitrogens with zero attached hydrogens (tertiary/aromatic N) is 3. The fourth-order valence-corrected chi connectivity index (χ4v) is 1.96. The van der Waals surface area contributed by atoms with E-state index in [1.54, 1.807) is 11.3 Å². The van der Waals surface area contributed by atoms with Crippen molar-refractivity contribution >= 4 is 17.2 Å². The Labute approximate surface area is 86.4 Å². The van der Waals surface area contributed by atoms with Gasteiger partial charge in [-0.15, -0.1) is 5.10 Å². The van der Waals surface area contributed by atoms with Gasteiger partial charge in [0, 0.05) is 6.54 Å². The zero-order valence-electron chi connectivity index (χ0n) is 7.97. The van der Waals surface area contributed by atoms with E-state index < -0.39 is 0 Å². The zero-order valence-corrected chi connectivity index (χ0v) is 8.79. The topological polar surface area (TPSA) is 56.7 Å². The Hall–Kier alpha value is -1.36. The lowest BCUT2D eigenvalue weighted by Crippen LogP contribution is -2.05. The molecule has 0 aliphatic rings. The molecule has 0 bridgehead atoms. The highest BCUT2D eigenvalue weighted by Crippen LogP contribution is 2.09. The molecule has 2 heterocycles. The van der Waals surface area contributed by atoms with Crippen LogP contribution in [-0.2, 0) is 13.0 Å². The van der Waals surface area contributed by atoms with E-state index in [2.05, 4.69) is 27.1 Å². The van der Waals surface area contributed by atoms with Crippen LogP contribution in [-0.4, -0.2) is 15.0 Å². The van der Waals surface area contributed by atoms with Gasteiger partial charge in [0.25, 0.3) is 0 Å². The summed E-state index contributed by atoms with van der Waals surface area (Å²) in [5.41, 5.74) is 7.88.